The fourth-order valence-corrected chi connectivity index (χ4v) is 2.63. The van der Waals surface area contributed by atoms with E-state index in [1.54, 1.807) is 0 Å². The van der Waals surface area contributed by atoms with Gasteiger partial charge in [-0.15, -0.1) is 0 Å². The molecule has 0 spiro atoms. The molecular weight excluding hydrogens is 279 g/mol. The molecule has 2 unspecified atom stereocenters. The van der Waals surface area contributed by atoms with Crippen LogP contribution in [0.5, 0.6) is 0 Å². The smallest absolute Gasteiger partial charge is 0.363 e. The van der Waals surface area contributed by atoms with Crippen molar-refractivity contribution in [1.29, 1.82) is 0 Å². The highest BCUT2D eigenvalue weighted by Crippen LogP contribution is 2.44. The topological polar surface area (TPSA) is 29.9 Å². The summed E-state index contributed by atoms with van der Waals surface area (Å²) < 4.78 is 40.9. The van der Waals surface area contributed by atoms with E-state index in [0.29, 0.717) is 11.4 Å². The highest BCUT2D eigenvalue weighted by molar-refractivity contribution is 5.63. The van der Waals surface area contributed by atoms with Gasteiger partial charge in [-0.3, -0.25) is 0 Å². The van der Waals surface area contributed by atoms with Crippen LogP contribution in [0, 0.1) is 0 Å². The monoisotopic (exact) mass is 293 g/mol. The summed E-state index contributed by atoms with van der Waals surface area (Å²) in [5, 5.41) is 7.01. The first-order valence-electron chi connectivity index (χ1n) is 6.59. The Hall–Kier alpha value is -2.24. The van der Waals surface area contributed by atoms with E-state index in [-0.39, 0.29) is 6.42 Å². The van der Waals surface area contributed by atoms with Crippen molar-refractivity contribution in [3.05, 3.63) is 54.2 Å². The number of nitrogens with zero attached hydrogens (tertiary/aromatic N) is 2. The highest BCUT2D eigenvalue weighted by Gasteiger charge is 2.46. The Morgan fingerprint density at radius 3 is 2.62 bits per heavy atom. The number of halogens is 3. The van der Waals surface area contributed by atoms with Gasteiger partial charge in [-0.1, -0.05) is 43.0 Å². The van der Waals surface area contributed by atoms with E-state index < -0.39 is 18.3 Å². The summed E-state index contributed by atoms with van der Waals surface area (Å²) in [6.07, 6.45) is -1.51. The minimum Gasteiger partial charge on any atom is -0.363 e. The third kappa shape index (κ3) is 2.41. The summed E-state index contributed by atoms with van der Waals surface area (Å²) in [5.41, 5.74) is 1.40. The third-order valence-corrected chi connectivity index (χ3v) is 3.69. The van der Waals surface area contributed by atoms with Crippen molar-refractivity contribution in [2.24, 2.45) is 0 Å². The molecule has 1 aliphatic heterocycles. The van der Waals surface area contributed by atoms with Crippen molar-refractivity contribution in [2.45, 2.75) is 24.7 Å². The van der Waals surface area contributed by atoms with Crippen LogP contribution in [0.2, 0.25) is 0 Å². The summed E-state index contributed by atoms with van der Waals surface area (Å²) in [6, 6.07) is 7.09. The van der Waals surface area contributed by atoms with E-state index in [1.165, 1.54) is 12.3 Å². The van der Waals surface area contributed by atoms with E-state index in [1.807, 2.05) is 30.3 Å². The molecule has 0 saturated carbocycles. The second-order valence-electron chi connectivity index (χ2n) is 5.00. The van der Waals surface area contributed by atoms with Gasteiger partial charge < -0.3 is 5.32 Å². The molecule has 0 radical (unpaired) electrons. The molecule has 6 heteroatoms. The molecule has 2 atom stereocenters. The Morgan fingerprint density at radius 1 is 1.29 bits per heavy atom. The van der Waals surface area contributed by atoms with E-state index >= 15 is 0 Å². The second kappa shape index (κ2) is 4.95. The number of alkyl halides is 3. The number of anilines is 1. The summed E-state index contributed by atoms with van der Waals surface area (Å²) in [6.45, 7) is 3.62. The van der Waals surface area contributed by atoms with Crippen molar-refractivity contribution < 1.29 is 13.2 Å². The lowest BCUT2D eigenvalue weighted by atomic mass is 9.96. The van der Waals surface area contributed by atoms with Crippen molar-refractivity contribution >= 4 is 11.9 Å². The van der Waals surface area contributed by atoms with Gasteiger partial charge in [0.1, 0.15) is 5.82 Å². The molecule has 0 fully saturated rings. The van der Waals surface area contributed by atoms with Gasteiger partial charge in [-0.05, 0) is 5.56 Å². The first-order chi connectivity index (χ1) is 10.0. The van der Waals surface area contributed by atoms with Gasteiger partial charge in [-0.2, -0.15) is 18.3 Å². The average Bonchev–Trinajstić information content (AvgIpc) is 2.89. The fourth-order valence-electron chi connectivity index (χ4n) is 2.63. The number of nitrogens with one attached hydrogen (secondary N) is 1. The number of aromatic nitrogens is 2. The number of fused-ring (bicyclic) bond motifs is 1. The number of rotatable bonds is 2. The number of benzene rings is 1. The number of hydrogen-bond donors (Lipinski definition) is 1. The molecule has 21 heavy (non-hydrogen) atoms. The Labute approximate surface area is 120 Å². The molecule has 3 rings (SSSR count). The van der Waals surface area contributed by atoms with Crippen LogP contribution in [0.1, 0.15) is 29.6 Å². The quantitative estimate of drug-likeness (QED) is 0.900. The third-order valence-electron chi connectivity index (χ3n) is 3.69. The summed E-state index contributed by atoms with van der Waals surface area (Å²) >= 11 is 0. The Morgan fingerprint density at radius 2 is 2.00 bits per heavy atom. The largest absolute Gasteiger partial charge is 0.410 e. The van der Waals surface area contributed by atoms with Crippen LogP contribution >= 0.6 is 0 Å². The SMILES string of the molecule is C=Cc1cnn2c1NC(c1ccccc1)CC2C(F)(F)F. The molecule has 0 amide bonds. The Bertz CT molecular complexity index is 646. The molecule has 2 heterocycles. The molecule has 110 valence electrons. The molecule has 2 aromatic rings. The predicted octanol–water partition coefficient (Wildman–Crippen LogP) is 4.19. The maximum Gasteiger partial charge on any atom is 0.410 e. The lowest BCUT2D eigenvalue weighted by molar-refractivity contribution is -0.173. The molecule has 0 saturated heterocycles. The maximum absolute atomic E-state index is 13.3. The molecular formula is C15H14F3N3. The first-order valence-corrected chi connectivity index (χ1v) is 6.59. The summed E-state index contributed by atoms with van der Waals surface area (Å²) in [7, 11) is 0. The minimum atomic E-state index is -4.34. The molecule has 0 aliphatic carbocycles. The zero-order valence-electron chi connectivity index (χ0n) is 11.1. The Balaban J connectivity index is 2.05. The van der Waals surface area contributed by atoms with E-state index in [0.717, 1.165) is 10.2 Å². The van der Waals surface area contributed by atoms with Crippen LogP contribution < -0.4 is 5.32 Å². The van der Waals surface area contributed by atoms with E-state index in [2.05, 4.69) is 17.0 Å². The van der Waals surface area contributed by atoms with Crippen LogP contribution in [0.15, 0.2) is 43.1 Å². The normalized spacial score (nSPS) is 21.5. The fraction of sp³-hybridized carbons (Fsp3) is 0.267. The number of hydrogen-bond acceptors (Lipinski definition) is 2. The van der Waals surface area contributed by atoms with Gasteiger partial charge in [0, 0.05) is 12.0 Å². The van der Waals surface area contributed by atoms with E-state index in [9.17, 15) is 13.2 Å². The van der Waals surface area contributed by atoms with Crippen LogP contribution in [-0.2, 0) is 0 Å². The second-order valence-corrected chi connectivity index (χ2v) is 5.00. The van der Waals surface area contributed by atoms with Crippen molar-refractivity contribution in [3.8, 4) is 0 Å². The zero-order chi connectivity index (χ0) is 15.0. The van der Waals surface area contributed by atoms with E-state index in [4.69, 9.17) is 0 Å². The minimum absolute atomic E-state index is 0.0845. The van der Waals surface area contributed by atoms with Crippen molar-refractivity contribution in [1.82, 2.24) is 9.78 Å². The molecule has 0 bridgehead atoms. The van der Waals surface area contributed by atoms with Crippen LogP contribution in [0.3, 0.4) is 0 Å². The average molecular weight is 293 g/mol. The maximum atomic E-state index is 13.3. The van der Waals surface area contributed by atoms with Gasteiger partial charge in [0.15, 0.2) is 6.04 Å². The van der Waals surface area contributed by atoms with Gasteiger partial charge in [0.05, 0.1) is 12.2 Å². The molecule has 1 aliphatic rings. The van der Waals surface area contributed by atoms with Gasteiger partial charge >= 0.3 is 6.18 Å². The summed E-state index contributed by atoms with van der Waals surface area (Å²) in [5.74, 6) is 0.368. The first kappa shape index (κ1) is 13.7. The molecule has 1 aromatic heterocycles. The van der Waals surface area contributed by atoms with Crippen molar-refractivity contribution in [2.75, 3.05) is 5.32 Å². The molecule has 3 nitrogen and oxygen atoms in total. The van der Waals surface area contributed by atoms with Crippen LogP contribution in [0.4, 0.5) is 19.0 Å². The highest BCUT2D eigenvalue weighted by atomic mass is 19.4. The Kier molecular flexibility index (Phi) is 3.23. The van der Waals surface area contributed by atoms with Gasteiger partial charge in [-0.25, -0.2) is 4.68 Å². The van der Waals surface area contributed by atoms with Gasteiger partial charge in [0.2, 0.25) is 0 Å². The van der Waals surface area contributed by atoms with Crippen molar-refractivity contribution in [3.63, 3.8) is 0 Å². The molecule has 1 aromatic carbocycles. The standard InChI is InChI=1S/C15H14F3N3/c1-2-10-9-19-21-13(15(16,17)18)8-12(20-14(10)21)11-6-4-3-5-7-11/h2-7,9,12-13,20H,1,8H2. The zero-order valence-corrected chi connectivity index (χ0v) is 11.1. The summed E-state index contributed by atoms with van der Waals surface area (Å²) in [4.78, 5) is 0. The van der Waals surface area contributed by atoms with Gasteiger partial charge in [0.25, 0.3) is 0 Å². The predicted molar refractivity (Wildman–Crippen MR) is 74.8 cm³/mol. The van der Waals surface area contributed by atoms with Crippen LogP contribution in [-0.4, -0.2) is 16.0 Å². The van der Waals surface area contributed by atoms with Crippen LogP contribution in [0.25, 0.3) is 6.08 Å². The molecule has 1 N–H and O–H groups in total. The lowest BCUT2D eigenvalue weighted by Gasteiger charge is -2.34. The lowest BCUT2D eigenvalue weighted by Crippen LogP contribution is -2.35.